The quantitative estimate of drug-likeness (QED) is 0.847. The molecule has 0 radical (unpaired) electrons. The predicted molar refractivity (Wildman–Crippen MR) is 61.2 cm³/mol. The molecule has 2 rings (SSSR count). The number of phenols is 1. The van der Waals surface area contributed by atoms with Crippen LogP contribution in [0.25, 0.3) is 0 Å². The molecule has 1 N–H and O–H groups in total. The smallest absolute Gasteiger partial charge is 0.232 e. The summed E-state index contributed by atoms with van der Waals surface area (Å²) in [6.07, 6.45) is 1.17. The summed E-state index contributed by atoms with van der Waals surface area (Å²) in [5.74, 6) is -0.950. The molecule has 0 spiro atoms. The van der Waals surface area contributed by atoms with Crippen LogP contribution in [0.1, 0.15) is 33.2 Å². The van der Waals surface area contributed by atoms with Crippen LogP contribution in [-0.2, 0) is 4.74 Å². The van der Waals surface area contributed by atoms with E-state index in [-0.39, 0.29) is 28.4 Å². The predicted octanol–water partition coefficient (Wildman–Crippen LogP) is 2.00. The molecule has 0 fully saturated rings. The van der Waals surface area contributed by atoms with Crippen LogP contribution < -0.4 is 0 Å². The van der Waals surface area contributed by atoms with Gasteiger partial charge in [0.1, 0.15) is 5.75 Å². The van der Waals surface area contributed by atoms with Crippen LogP contribution in [0.3, 0.4) is 0 Å². The van der Waals surface area contributed by atoms with E-state index in [0.29, 0.717) is 6.61 Å². The first-order chi connectivity index (χ1) is 8.04. The lowest BCUT2D eigenvalue weighted by molar-refractivity contribution is 0.0889. The molecule has 0 amide bonds. The Morgan fingerprint density at radius 2 is 2.00 bits per heavy atom. The van der Waals surface area contributed by atoms with Gasteiger partial charge in [0.25, 0.3) is 0 Å². The van der Waals surface area contributed by atoms with Crippen molar-refractivity contribution in [3.05, 3.63) is 40.7 Å². The maximum Gasteiger partial charge on any atom is 0.232 e. The third-order valence-electron chi connectivity index (χ3n) is 2.54. The summed E-state index contributed by atoms with van der Waals surface area (Å²) in [4.78, 5) is 23.8. The van der Waals surface area contributed by atoms with Gasteiger partial charge in [0.15, 0.2) is 11.5 Å². The number of ketones is 2. The first kappa shape index (κ1) is 11.4. The minimum absolute atomic E-state index is 0.0100. The Hall–Kier alpha value is -2.10. The van der Waals surface area contributed by atoms with E-state index in [1.54, 1.807) is 19.9 Å². The van der Waals surface area contributed by atoms with Gasteiger partial charge in [0, 0.05) is 11.6 Å². The number of rotatable bonds is 2. The molecule has 1 aliphatic carbocycles. The standard InChI is InChI=1S/C13H12O4/c1-3-17-11-6-9(14)8-4-7(2)5-10(15)12(8)13(11)16/h4-6,15H,3H2,1-2H3. The van der Waals surface area contributed by atoms with Crippen LogP contribution in [-0.4, -0.2) is 23.3 Å². The fourth-order valence-corrected chi connectivity index (χ4v) is 1.85. The summed E-state index contributed by atoms with van der Waals surface area (Å²) < 4.78 is 5.09. The van der Waals surface area contributed by atoms with E-state index in [4.69, 9.17) is 4.74 Å². The molecule has 0 aromatic heterocycles. The number of benzene rings is 1. The summed E-state index contributed by atoms with van der Waals surface area (Å²) in [7, 11) is 0. The second-order valence-electron chi connectivity index (χ2n) is 3.84. The third kappa shape index (κ3) is 1.82. The first-order valence-electron chi connectivity index (χ1n) is 5.31. The zero-order valence-corrected chi connectivity index (χ0v) is 9.61. The molecule has 0 heterocycles. The van der Waals surface area contributed by atoms with Crippen LogP contribution >= 0.6 is 0 Å². The Balaban J connectivity index is 2.60. The van der Waals surface area contributed by atoms with Gasteiger partial charge in [-0.25, -0.2) is 0 Å². The van der Waals surface area contributed by atoms with Crippen LogP contribution in [0, 0.1) is 6.92 Å². The Morgan fingerprint density at radius 3 is 2.65 bits per heavy atom. The van der Waals surface area contributed by atoms with Crippen molar-refractivity contribution >= 4 is 11.6 Å². The fourth-order valence-electron chi connectivity index (χ4n) is 1.85. The van der Waals surface area contributed by atoms with Gasteiger partial charge in [-0.05, 0) is 31.5 Å². The van der Waals surface area contributed by atoms with Crippen molar-refractivity contribution in [1.82, 2.24) is 0 Å². The lowest BCUT2D eigenvalue weighted by Gasteiger charge is -2.16. The van der Waals surface area contributed by atoms with E-state index in [0.717, 1.165) is 5.56 Å². The van der Waals surface area contributed by atoms with E-state index in [1.165, 1.54) is 12.1 Å². The van der Waals surface area contributed by atoms with Crippen molar-refractivity contribution in [3.8, 4) is 5.75 Å². The minimum Gasteiger partial charge on any atom is -0.507 e. The number of aryl methyl sites for hydroxylation is 1. The van der Waals surface area contributed by atoms with Crippen molar-refractivity contribution in [3.63, 3.8) is 0 Å². The molecule has 1 aromatic carbocycles. The topological polar surface area (TPSA) is 63.6 Å². The molecule has 0 saturated carbocycles. The number of fused-ring (bicyclic) bond motifs is 1. The molecule has 1 aliphatic rings. The lowest BCUT2D eigenvalue weighted by atomic mass is 9.91. The number of carbonyl (C=O) groups excluding carboxylic acids is 2. The second-order valence-corrected chi connectivity index (χ2v) is 3.84. The number of ether oxygens (including phenoxy) is 1. The monoisotopic (exact) mass is 232 g/mol. The normalized spacial score (nSPS) is 14.4. The van der Waals surface area contributed by atoms with E-state index in [1.807, 2.05) is 0 Å². The van der Waals surface area contributed by atoms with Crippen molar-refractivity contribution in [2.75, 3.05) is 6.61 Å². The number of hydrogen-bond acceptors (Lipinski definition) is 4. The molecule has 4 heteroatoms. The van der Waals surface area contributed by atoms with Crippen LogP contribution in [0.4, 0.5) is 0 Å². The third-order valence-corrected chi connectivity index (χ3v) is 2.54. The van der Waals surface area contributed by atoms with E-state index >= 15 is 0 Å². The molecule has 0 bridgehead atoms. The van der Waals surface area contributed by atoms with Crippen molar-refractivity contribution in [2.24, 2.45) is 0 Å². The molecule has 0 saturated heterocycles. The van der Waals surface area contributed by atoms with E-state index < -0.39 is 5.78 Å². The van der Waals surface area contributed by atoms with Crippen molar-refractivity contribution in [2.45, 2.75) is 13.8 Å². The number of Topliss-reactive ketones (excluding diaryl/α,β-unsaturated/α-hetero) is 1. The van der Waals surface area contributed by atoms with Gasteiger partial charge in [0.05, 0.1) is 12.2 Å². The highest BCUT2D eigenvalue weighted by molar-refractivity contribution is 6.24. The lowest BCUT2D eigenvalue weighted by Crippen LogP contribution is -2.19. The van der Waals surface area contributed by atoms with Crippen LogP contribution in [0.2, 0.25) is 0 Å². The van der Waals surface area contributed by atoms with Crippen molar-refractivity contribution in [1.29, 1.82) is 0 Å². The maximum absolute atomic E-state index is 12.0. The minimum atomic E-state index is -0.445. The molecular formula is C13H12O4. The second kappa shape index (κ2) is 4.05. The number of hydrogen-bond donors (Lipinski definition) is 1. The summed E-state index contributed by atoms with van der Waals surface area (Å²) in [5, 5.41) is 9.76. The van der Waals surface area contributed by atoms with E-state index in [2.05, 4.69) is 0 Å². The average Bonchev–Trinajstić information content (AvgIpc) is 2.25. The zero-order valence-electron chi connectivity index (χ0n) is 9.61. The Kier molecular flexibility index (Phi) is 2.71. The van der Waals surface area contributed by atoms with Gasteiger partial charge in [0.2, 0.25) is 5.78 Å². The highest BCUT2D eigenvalue weighted by atomic mass is 16.5. The Morgan fingerprint density at radius 1 is 1.29 bits per heavy atom. The molecule has 0 unspecified atom stereocenters. The molecular weight excluding hydrogens is 220 g/mol. The highest BCUT2D eigenvalue weighted by Crippen LogP contribution is 2.30. The van der Waals surface area contributed by atoms with Crippen LogP contribution in [0.15, 0.2) is 24.0 Å². The van der Waals surface area contributed by atoms with Gasteiger partial charge in [-0.3, -0.25) is 9.59 Å². The number of carbonyl (C=O) groups is 2. The van der Waals surface area contributed by atoms with Crippen LogP contribution in [0.5, 0.6) is 5.75 Å². The van der Waals surface area contributed by atoms with Gasteiger partial charge in [-0.2, -0.15) is 0 Å². The molecule has 88 valence electrons. The molecule has 4 nitrogen and oxygen atoms in total. The maximum atomic E-state index is 12.0. The zero-order chi connectivity index (χ0) is 12.6. The highest BCUT2D eigenvalue weighted by Gasteiger charge is 2.29. The summed E-state index contributed by atoms with van der Waals surface area (Å²) in [6.45, 7) is 3.77. The van der Waals surface area contributed by atoms with Gasteiger partial charge < -0.3 is 9.84 Å². The van der Waals surface area contributed by atoms with E-state index in [9.17, 15) is 14.7 Å². The van der Waals surface area contributed by atoms with Gasteiger partial charge >= 0.3 is 0 Å². The first-order valence-corrected chi connectivity index (χ1v) is 5.31. The molecule has 0 atom stereocenters. The Bertz CT molecular complexity index is 541. The molecule has 17 heavy (non-hydrogen) atoms. The largest absolute Gasteiger partial charge is 0.507 e. The average molecular weight is 232 g/mol. The fraction of sp³-hybridized carbons (Fsp3) is 0.231. The number of allylic oxidation sites excluding steroid dienone is 2. The van der Waals surface area contributed by atoms with Gasteiger partial charge in [-0.1, -0.05) is 0 Å². The van der Waals surface area contributed by atoms with Gasteiger partial charge in [-0.15, -0.1) is 0 Å². The number of aromatic hydroxyl groups is 1. The molecule has 0 aliphatic heterocycles. The summed E-state index contributed by atoms with van der Waals surface area (Å²) in [6, 6.07) is 3.05. The molecule has 1 aromatic rings. The summed E-state index contributed by atoms with van der Waals surface area (Å²) in [5.41, 5.74) is 0.998. The number of phenolic OH excluding ortho intramolecular Hbond substituents is 1. The Labute approximate surface area is 98.5 Å². The van der Waals surface area contributed by atoms with Crippen molar-refractivity contribution < 1.29 is 19.4 Å². The SMILES string of the molecule is CCOC1=CC(=O)c2cc(C)cc(O)c2C1=O. The summed E-state index contributed by atoms with van der Waals surface area (Å²) >= 11 is 0.